The molecule has 1 fully saturated rings. The smallest absolute Gasteiger partial charge is 0.268 e. The summed E-state index contributed by atoms with van der Waals surface area (Å²) >= 11 is 0. The zero-order chi connectivity index (χ0) is 22.8. The molecule has 0 radical (unpaired) electrons. The highest BCUT2D eigenvalue weighted by Gasteiger charge is 2.33. The largest absolute Gasteiger partial charge is 0.497 e. The lowest BCUT2D eigenvalue weighted by molar-refractivity contribution is -0.120. The van der Waals surface area contributed by atoms with Gasteiger partial charge in [-0.1, -0.05) is 6.92 Å². The molecule has 9 heteroatoms. The van der Waals surface area contributed by atoms with Crippen LogP contribution in [0.15, 0.2) is 29.2 Å². The lowest BCUT2D eigenvalue weighted by atomic mass is 9.87. The van der Waals surface area contributed by atoms with Crippen molar-refractivity contribution in [3.05, 3.63) is 35.7 Å². The van der Waals surface area contributed by atoms with Gasteiger partial charge in [0.15, 0.2) is 0 Å². The lowest BCUT2D eigenvalue weighted by Crippen LogP contribution is -2.45. The number of carbonyl (C=O) groups is 1. The molecule has 0 aliphatic heterocycles. The number of nitrogens with zero attached hydrogens (tertiary/aromatic N) is 3. The van der Waals surface area contributed by atoms with Crippen molar-refractivity contribution in [3.63, 3.8) is 0 Å². The highest BCUT2D eigenvalue weighted by Crippen LogP contribution is 2.29. The molecule has 0 unspecified atom stereocenters. The zero-order valence-electron chi connectivity index (χ0n) is 18.9. The van der Waals surface area contributed by atoms with Crippen molar-refractivity contribution in [2.75, 3.05) is 18.0 Å². The molecule has 1 heterocycles. The third-order valence-corrected chi connectivity index (χ3v) is 8.05. The number of methoxy groups -OCH3 is 1. The van der Waals surface area contributed by atoms with Gasteiger partial charge in [0.05, 0.1) is 24.2 Å². The second kappa shape index (κ2) is 9.30. The maximum atomic E-state index is 13.7. The topological polar surface area (TPSA) is 93.5 Å². The molecule has 8 nitrogen and oxygen atoms in total. The Balaban J connectivity index is 1.92. The number of amides is 1. The summed E-state index contributed by atoms with van der Waals surface area (Å²) < 4.78 is 35.2. The molecule has 1 aliphatic rings. The summed E-state index contributed by atoms with van der Waals surface area (Å²) in [7, 11) is -0.760. The van der Waals surface area contributed by atoms with Gasteiger partial charge in [-0.25, -0.2) is 8.42 Å². The van der Waals surface area contributed by atoms with Crippen LogP contribution in [0.5, 0.6) is 5.75 Å². The molecule has 0 bridgehead atoms. The Morgan fingerprint density at radius 3 is 2.32 bits per heavy atom. The highest BCUT2D eigenvalue weighted by molar-refractivity contribution is 7.93. The summed E-state index contributed by atoms with van der Waals surface area (Å²) in [6, 6.07) is 6.74. The first-order valence-electron chi connectivity index (χ1n) is 10.6. The minimum absolute atomic E-state index is 0.0889. The van der Waals surface area contributed by atoms with Gasteiger partial charge in [-0.3, -0.25) is 13.8 Å². The molecule has 31 heavy (non-hydrogen) atoms. The van der Waals surface area contributed by atoms with E-state index in [1.54, 1.807) is 52.3 Å². The van der Waals surface area contributed by atoms with E-state index in [0.29, 0.717) is 28.7 Å². The molecule has 0 atom stereocenters. The van der Waals surface area contributed by atoms with Crippen LogP contribution in [-0.4, -0.2) is 43.8 Å². The van der Waals surface area contributed by atoms with Crippen LogP contribution in [0.2, 0.25) is 0 Å². The van der Waals surface area contributed by atoms with Gasteiger partial charge in [-0.15, -0.1) is 0 Å². The number of benzene rings is 1. The second-order valence-electron chi connectivity index (χ2n) is 8.36. The van der Waals surface area contributed by atoms with Gasteiger partial charge < -0.3 is 10.1 Å². The molecule has 3 rings (SSSR count). The molecular formula is C22H32N4O4S. The van der Waals surface area contributed by atoms with Crippen molar-refractivity contribution in [3.8, 4) is 5.75 Å². The molecule has 1 N–H and O–H groups in total. The van der Waals surface area contributed by atoms with Crippen LogP contribution in [-0.2, 0) is 21.9 Å². The van der Waals surface area contributed by atoms with Crippen LogP contribution >= 0.6 is 0 Å². The molecule has 0 saturated heterocycles. The van der Waals surface area contributed by atoms with Gasteiger partial charge in [0.1, 0.15) is 17.2 Å². The van der Waals surface area contributed by atoms with Crippen LogP contribution in [0.25, 0.3) is 0 Å². The van der Waals surface area contributed by atoms with Gasteiger partial charge >= 0.3 is 0 Å². The molecule has 170 valence electrons. The van der Waals surface area contributed by atoms with E-state index in [1.165, 1.54) is 4.68 Å². The fourth-order valence-corrected chi connectivity index (χ4v) is 5.94. The van der Waals surface area contributed by atoms with E-state index in [9.17, 15) is 13.2 Å². The number of carbonyl (C=O) groups excluding carboxylic acids is 1. The lowest BCUT2D eigenvalue weighted by Gasteiger charge is -2.29. The Bertz CT molecular complexity index is 1020. The first-order valence-corrected chi connectivity index (χ1v) is 12.0. The van der Waals surface area contributed by atoms with Gasteiger partial charge in [-0.05, 0) is 69.7 Å². The van der Waals surface area contributed by atoms with E-state index in [2.05, 4.69) is 17.3 Å². The first-order chi connectivity index (χ1) is 14.6. The summed E-state index contributed by atoms with van der Waals surface area (Å²) in [5.41, 5.74) is 1.33. The molecule has 1 aliphatic carbocycles. The van der Waals surface area contributed by atoms with E-state index in [-0.39, 0.29) is 23.4 Å². The molecule has 0 spiro atoms. The maximum Gasteiger partial charge on any atom is 0.268 e. The number of hydrogen-bond donors (Lipinski definition) is 1. The Morgan fingerprint density at radius 1 is 1.19 bits per heavy atom. The van der Waals surface area contributed by atoms with Gasteiger partial charge in [0.2, 0.25) is 5.91 Å². The molecule has 1 saturated carbocycles. The molecule has 1 aromatic carbocycles. The number of nitrogens with one attached hydrogen (secondary N) is 1. The summed E-state index contributed by atoms with van der Waals surface area (Å²) in [4.78, 5) is 13.0. The van der Waals surface area contributed by atoms with Crippen LogP contribution in [0, 0.1) is 19.8 Å². The predicted octanol–water partition coefficient (Wildman–Crippen LogP) is 2.94. The Labute approximate surface area is 184 Å². The minimum Gasteiger partial charge on any atom is -0.497 e. The quantitative estimate of drug-likeness (QED) is 0.703. The van der Waals surface area contributed by atoms with E-state index >= 15 is 0 Å². The molecule has 2 aromatic rings. The van der Waals surface area contributed by atoms with Crippen LogP contribution < -0.4 is 14.4 Å². The van der Waals surface area contributed by atoms with Gasteiger partial charge in [0, 0.05) is 13.1 Å². The number of sulfonamides is 1. The van der Waals surface area contributed by atoms with Crippen LogP contribution in [0.4, 0.5) is 5.69 Å². The molecular weight excluding hydrogens is 416 g/mol. The van der Waals surface area contributed by atoms with E-state index < -0.39 is 10.0 Å². The molecule has 1 aromatic heterocycles. The zero-order valence-corrected chi connectivity index (χ0v) is 19.7. The van der Waals surface area contributed by atoms with Crippen molar-refractivity contribution in [1.82, 2.24) is 15.1 Å². The fraction of sp³-hybridized carbons (Fsp3) is 0.545. The Hall–Kier alpha value is -2.55. The van der Waals surface area contributed by atoms with Crippen molar-refractivity contribution >= 4 is 21.6 Å². The number of rotatable bonds is 7. The maximum absolute atomic E-state index is 13.7. The normalized spacial score (nSPS) is 19.1. The van der Waals surface area contributed by atoms with E-state index in [1.807, 2.05) is 0 Å². The number of aryl methyl sites for hydroxylation is 2. The third-order valence-electron chi connectivity index (χ3n) is 6.02. The molecule has 1 amide bonds. The van der Waals surface area contributed by atoms with E-state index in [4.69, 9.17) is 4.74 Å². The van der Waals surface area contributed by atoms with Gasteiger partial charge in [0.25, 0.3) is 10.0 Å². The van der Waals surface area contributed by atoms with Crippen LogP contribution in [0.3, 0.4) is 0 Å². The van der Waals surface area contributed by atoms with Gasteiger partial charge in [-0.2, -0.15) is 5.10 Å². The second-order valence-corrected chi connectivity index (χ2v) is 10.2. The highest BCUT2D eigenvalue weighted by atomic mass is 32.2. The first kappa shape index (κ1) is 23.1. The Kier molecular flexibility index (Phi) is 6.93. The average Bonchev–Trinajstić information content (AvgIpc) is 3.00. The van der Waals surface area contributed by atoms with Crippen molar-refractivity contribution in [2.24, 2.45) is 13.0 Å². The standard InChI is InChI=1S/C22H32N4O4S/c1-15-6-8-18(9-7-15)23-21(27)14-26(19-10-12-20(30-5)13-11-19)31(28,29)22-16(2)24-25(4)17(22)3/h10-13,15,18H,6-9,14H2,1-5H3,(H,23,27). The monoisotopic (exact) mass is 448 g/mol. The average molecular weight is 449 g/mol. The summed E-state index contributed by atoms with van der Waals surface area (Å²) in [5, 5.41) is 7.28. The number of hydrogen-bond acceptors (Lipinski definition) is 5. The summed E-state index contributed by atoms with van der Waals surface area (Å²) in [5.74, 6) is 0.967. The number of anilines is 1. The van der Waals surface area contributed by atoms with E-state index in [0.717, 1.165) is 30.0 Å². The van der Waals surface area contributed by atoms with Crippen molar-refractivity contribution in [1.29, 1.82) is 0 Å². The fourth-order valence-electron chi connectivity index (χ4n) is 4.11. The number of ether oxygens (including phenoxy) is 1. The SMILES string of the molecule is COc1ccc(N(CC(=O)NC2CCC(C)CC2)S(=O)(=O)c2c(C)nn(C)c2C)cc1. The van der Waals surface area contributed by atoms with Crippen LogP contribution in [0.1, 0.15) is 44.0 Å². The Morgan fingerprint density at radius 2 is 1.81 bits per heavy atom. The number of aromatic nitrogens is 2. The minimum atomic E-state index is -4.01. The predicted molar refractivity (Wildman–Crippen MR) is 120 cm³/mol. The third kappa shape index (κ3) is 5.03. The summed E-state index contributed by atoms with van der Waals surface area (Å²) in [6.07, 6.45) is 3.98. The van der Waals surface area contributed by atoms with Crippen molar-refractivity contribution < 1.29 is 17.9 Å². The van der Waals surface area contributed by atoms with Crippen molar-refractivity contribution in [2.45, 2.75) is 57.4 Å². The summed E-state index contributed by atoms with van der Waals surface area (Å²) in [6.45, 7) is 5.29.